The highest BCUT2D eigenvalue weighted by atomic mass is 32.2. The van der Waals surface area contributed by atoms with E-state index in [0.717, 1.165) is 6.42 Å². The smallest absolute Gasteiger partial charge is 0.322 e. The third-order valence-electron chi connectivity index (χ3n) is 3.21. The normalized spacial score (nSPS) is 26.9. The predicted molar refractivity (Wildman–Crippen MR) is 73.3 cm³/mol. The summed E-state index contributed by atoms with van der Waals surface area (Å²) < 4.78 is 4.88. The van der Waals surface area contributed by atoms with Crippen molar-refractivity contribution in [1.82, 2.24) is 5.32 Å². The molecule has 1 aliphatic heterocycles. The number of carbonyl (C=O) groups excluding carboxylic acids is 1. The molecule has 0 amide bonds. The molecular formula is C13H25NO2S. The first kappa shape index (κ1) is 14.8. The Kier molecular flexibility index (Phi) is 6.34. The summed E-state index contributed by atoms with van der Waals surface area (Å²) in [7, 11) is 1.47. The summed E-state index contributed by atoms with van der Waals surface area (Å²) >= 11 is 1.99. The Bertz CT molecular complexity index is 246. The maximum atomic E-state index is 11.7. The fourth-order valence-electron chi connectivity index (χ4n) is 2.25. The first-order valence-corrected chi connectivity index (χ1v) is 7.55. The minimum atomic E-state index is -0.147. The molecule has 0 aliphatic carbocycles. The summed E-state index contributed by atoms with van der Waals surface area (Å²) in [6.07, 6.45) is 3.25. The predicted octanol–water partition coefficient (Wildman–Crippen LogP) is 2.45. The van der Waals surface area contributed by atoms with Gasteiger partial charge >= 0.3 is 5.97 Å². The van der Waals surface area contributed by atoms with Crippen molar-refractivity contribution in [3.63, 3.8) is 0 Å². The molecule has 3 nitrogen and oxygen atoms in total. The molecule has 0 spiro atoms. The summed E-state index contributed by atoms with van der Waals surface area (Å²) in [6, 6.07) is 0.294. The third kappa shape index (κ3) is 4.88. The van der Waals surface area contributed by atoms with Crippen molar-refractivity contribution < 1.29 is 9.53 Å². The summed E-state index contributed by atoms with van der Waals surface area (Å²) in [5.41, 5.74) is 0. The van der Waals surface area contributed by atoms with Gasteiger partial charge in [-0.05, 0) is 30.9 Å². The van der Waals surface area contributed by atoms with Crippen LogP contribution in [0.25, 0.3) is 0 Å². The van der Waals surface area contributed by atoms with Gasteiger partial charge in [0.15, 0.2) is 0 Å². The molecule has 1 heterocycles. The van der Waals surface area contributed by atoms with Gasteiger partial charge in [-0.15, -0.1) is 0 Å². The molecule has 0 bridgehead atoms. The van der Waals surface area contributed by atoms with Gasteiger partial charge in [-0.25, -0.2) is 0 Å². The van der Waals surface area contributed by atoms with Gasteiger partial charge in [-0.2, -0.15) is 11.8 Å². The molecule has 0 aromatic rings. The van der Waals surface area contributed by atoms with Crippen LogP contribution in [0.2, 0.25) is 0 Å². The second-order valence-corrected chi connectivity index (χ2v) is 6.68. The molecule has 3 unspecified atom stereocenters. The van der Waals surface area contributed by atoms with Crippen molar-refractivity contribution in [1.29, 1.82) is 0 Å². The van der Waals surface area contributed by atoms with Crippen LogP contribution >= 0.6 is 11.8 Å². The monoisotopic (exact) mass is 259 g/mol. The van der Waals surface area contributed by atoms with E-state index in [2.05, 4.69) is 26.1 Å². The fraction of sp³-hybridized carbons (Fsp3) is 0.923. The van der Waals surface area contributed by atoms with E-state index in [1.54, 1.807) is 0 Å². The van der Waals surface area contributed by atoms with Crippen molar-refractivity contribution in [3.05, 3.63) is 0 Å². The zero-order valence-electron chi connectivity index (χ0n) is 11.4. The zero-order valence-corrected chi connectivity index (χ0v) is 12.2. The van der Waals surface area contributed by atoms with Gasteiger partial charge in [0.2, 0.25) is 0 Å². The number of methoxy groups -OCH3 is 1. The SMILES string of the molecule is COC(=O)C(CC(C)C)NC1CCCSC1C. The van der Waals surface area contributed by atoms with Gasteiger partial charge in [0.05, 0.1) is 7.11 Å². The van der Waals surface area contributed by atoms with Gasteiger partial charge in [-0.3, -0.25) is 4.79 Å². The van der Waals surface area contributed by atoms with Gasteiger partial charge in [0, 0.05) is 11.3 Å². The average molecular weight is 259 g/mol. The van der Waals surface area contributed by atoms with Crippen LogP contribution in [0, 0.1) is 5.92 Å². The maximum Gasteiger partial charge on any atom is 0.322 e. The molecule has 1 N–H and O–H groups in total. The summed E-state index contributed by atoms with van der Waals surface area (Å²) in [6.45, 7) is 6.51. The Balaban J connectivity index is 2.54. The summed E-state index contributed by atoms with van der Waals surface area (Å²) in [5, 5.41) is 4.08. The average Bonchev–Trinajstić information content (AvgIpc) is 2.29. The molecule has 0 aromatic carbocycles. The fourth-order valence-corrected chi connectivity index (χ4v) is 3.40. The number of thioether (sulfide) groups is 1. The number of hydrogen-bond acceptors (Lipinski definition) is 4. The molecule has 0 saturated carbocycles. The highest BCUT2D eigenvalue weighted by Gasteiger charge is 2.28. The lowest BCUT2D eigenvalue weighted by Gasteiger charge is -2.32. The third-order valence-corrected chi connectivity index (χ3v) is 4.59. The summed E-state index contributed by atoms with van der Waals surface area (Å²) in [4.78, 5) is 11.7. The maximum absolute atomic E-state index is 11.7. The van der Waals surface area contributed by atoms with Gasteiger partial charge < -0.3 is 10.1 Å². The molecule has 3 atom stereocenters. The molecule has 4 heteroatoms. The Labute approximate surface area is 109 Å². The number of ether oxygens (including phenoxy) is 1. The molecule has 100 valence electrons. The Morgan fingerprint density at radius 3 is 2.76 bits per heavy atom. The molecule has 0 radical (unpaired) electrons. The lowest BCUT2D eigenvalue weighted by Crippen LogP contribution is -2.49. The van der Waals surface area contributed by atoms with Crippen molar-refractivity contribution in [2.45, 2.75) is 57.4 Å². The number of nitrogens with one attached hydrogen (secondary N) is 1. The Hall–Kier alpha value is -0.220. The quantitative estimate of drug-likeness (QED) is 0.770. The van der Waals surface area contributed by atoms with E-state index < -0.39 is 0 Å². The first-order chi connectivity index (χ1) is 8.04. The van der Waals surface area contributed by atoms with E-state index in [0.29, 0.717) is 17.2 Å². The van der Waals surface area contributed by atoms with Crippen LogP contribution in [0.3, 0.4) is 0 Å². The van der Waals surface area contributed by atoms with Crippen LogP contribution in [0.1, 0.15) is 40.0 Å². The minimum Gasteiger partial charge on any atom is -0.468 e. The second kappa shape index (κ2) is 7.27. The lowest BCUT2D eigenvalue weighted by atomic mass is 10.0. The van der Waals surface area contributed by atoms with Crippen molar-refractivity contribution in [3.8, 4) is 0 Å². The standard InChI is InChI=1S/C13H25NO2S/c1-9(2)8-12(13(15)16-4)14-11-6-5-7-17-10(11)3/h9-12,14H,5-8H2,1-4H3. The van der Waals surface area contributed by atoms with Crippen molar-refractivity contribution in [2.75, 3.05) is 12.9 Å². The summed E-state index contributed by atoms with van der Waals surface area (Å²) in [5.74, 6) is 1.62. The number of carbonyl (C=O) groups is 1. The van der Waals surface area contributed by atoms with E-state index in [4.69, 9.17) is 4.74 Å². The van der Waals surface area contributed by atoms with Crippen LogP contribution in [0.15, 0.2) is 0 Å². The minimum absolute atomic E-state index is 0.124. The van der Waals surface area contributed by atoms with Crippen molar-refractivity contribution >= 4 is 17.7 Å². The van der Waals surface area contributed by atoms with Gasteiger partial charge in [0.25, 0.3) is 0 Å². The second-order valence-electron chi connectivity index (χ2n) is 5.20. The van der Waals surface area contributed by atoms with E-state index in [9.17, 15) is 4.79 Å². The van der Waals surface area contributed by atoms with E-state index in [1.165, 1.54) is 25.7 Å². The van der Waals surface area contributed by atoms with Crippen LogP contribution in [0.5, 0.6) is 0 Å². The van der Waals surface area contributed by atoms with Gasteiger partial charge in [-0.1, -0.05) is 20.8 Å². The molecule has 1 rings (SSSR count). The lowest BCUT2D eigenvalue weighted by molar-refractivity contribution is -0.143. The largest absolute Gasteiger partial charge is 0.468 e. The molecule has 17 heavy (non-hydrogen) atoms. The van der Waals surface area contributed by atoms with Crippen LogP contribution in [-0.4, -0.2) is 36.2 Å². The van der Waals surface area contributed by atoms with E-state index in [1.807, 2.05) is 11.8 Å². The molecule has 1 fully saturated rings. The Morgan fingerprint density at radius 1 is 1.53 bits per heavy atom. The number of esters is 1. The molecular weight excluding hydrogens is 234 g/mol. The van der Waals surface area contributed by atoms with Gasteiger partial charge in [0.1, 0.15) is 6.04 Å². The highest BCUT2D eigenvalue weighted by Crippen LogP contribution is 2.26. The Morgan fingerprint density at radius 2 is 2.24 bits per heavy atom. The molecule has 1 saturated heterocycles. The zero-order chi connectivity index (χ0) is 12.8. The number of hydrogen-bond donors (Lipinski definition) is 1. The van der Waals surface area contributed by atoms with E-state index >= 15 is 0 Å². The molecule has 1 aliphatic rings. The number of rotatable bonds is 5. The van der Waals surface area contributed by atoms with Crippen LogP contribution < -0.4 is 5.32 Å². The van der Waals surface area contributed by atoms with Crippen LogP contribution in [-0.2, 0) is 9.53 Å². The van der Waals surface area contributed by atoms with Crippen molar-refractivity contribution in [2.24, 2.45) is 5.92 Å². The first-order valence-electron chi connectivity index (χ1n) is 6.50. The highest BCUT2D eigenvalue weighted by molar-refractivity contribution is 7.99. The molecule has 0 aromatic heterocycles. The van der Waals surface area contributed by atoms with Crippen LogP contribution in [0.4, 0.5) is 0 Å². The topological polar surface area (TPSA) is 38.3 Å². The van der Waals surface area contributed by atoms with E-state index in [-0.39, 0.29) is 12.0 Å².